The maximum atomic E-state index is 12.4. The molecule has 26 heavy (non-hydrogen) atoms. The summed E-state index contributed by atoms with van der Waals surface area (Å²) in [6, 6.07) is 2.23. The molecular formula is C18H26N6O2. The quantitative estimate of drug-likeness (QED) is 0.803. The number of hydrogen-bond acceptors (Lipinski definition) is 6. The van der Waals surface area contributed by atoms with Crippen LogP contribution in [0.5, 0.6) is 6.01 Å². The molecule has 0 unspecified atom stereocenters. The van der Waals surface area contributed by atoms with Crippen molar-refractivity contribution in [3.63, 3.8) is 0 Å². The Morgan fingerprint density at radius 3 is 2.88 bits per heavy atom. The first-order valence-corrected chi connectivity index (χ1v) is 8.97. The lowest BCUT2D eigenvalue weighted by Crippen LogP contribution is -2.46. The summed E-state index contributed by atoms with van der Waals surface area (Å²) in [6.45, 7) is 4.13. The fourth-order valence-electron chi connectivity index (χ4n) is 3.58. The second-order valence-corrected chi connectivity index (χ2v) is 6.49. The first-order chi connectivity index (χ1) is 12.6. The van der Waals surface area contributed by atoms with Crippen LogP contribution in [0.1, 0.15) is 37.3 Å². The summed E-state index contributed by atoms with van der Waals surface area (Å²) < 4.78 is 7.07. The highest BCUT2D eigenvalue weighted by atomic mass is 16.5. The third kappa shape index (κ3) is 3.85. The van der Waals surface area contributed by atoms with Crippen LogP contribution in [0.3, 0.4) is 0 Å². The predicted octanol–water partition coefficient (Wildman–Crippen LogP) is 1.31. The summed E-state index contributed by atoms with van der Waals surface area (Å²) in [5.41, 5.74) is 0.879. The monoisotopic (exact) mass is 358 g/mol. The first-order valence-electron chi connectivity index (χ1n) is 8.97. The van der Waals surface area contributed by atoms with E-state index in [1.54, 1.807) is 19.5 Å². The van der Waals surface area contributed by atoms with E-state index in [1.807, 2.05) is 35.7 Å². The van der Waals surface area contributed by atoms with Gasteiger partial charge in [-0.05, 0) is 25.3 Å². The molecule has 3 rings (SSSR count). The minimum Gasteiger partial charge on any atom is -0.467 e. The molecule has 140 valence electrons. The van der Waals surface area contributed by atoms with Crippen LogP contribution in [-0.2, 0) is 18.4 Å². The molecule has 2 aromatic heterocycles. The zero-order valence-corrected chi connectivity index (χ0v) is 15.6. The number of methoxy groups -OCH3 is 1. The average molecular weight is 358 g/mol. The van der Waals surface area contributed by atoms with Crippen molar-refractivity contribution in [2.24, 2.45) is 13.0 Å². The molecule has 0 saturated carbocycles. The van der Waals surface area contributed by atoms with Gasteiger partial charge in [-0.15, -0.1) is 0 Å². The van der Waals surface area contributed by atoms with Crippen LogP contribution in [-0.4, -0.2) is 50.5 Å². The van der Waals surface area contributed by atoms with Crippen molar-refractivity contribution in [2.45, 2.75) is 32.4 Å². The molecular weight excluding hydrogens is 332 g/mol. The highest BCUT2D eigenvalue weighted by molar-refractivity contribution is 5.77. The van der Waals surface area contributed by atoms with Gasteiger partial charge in [0.25, 0.3) is 0 Å². The lowest BCUT2D eigenvalue weighted by Gasteiger charge is -2.40. The SMILES string of the molecule is CCN1C(=O)CC[C@H](CNCc2ccnc(OC)n2)[C@H]1c1nccn1C. The number of ether oxygens (including phenoxy) is 1. The topological polar surface area (TPSA) is 85.2 Å². The first kappa shape index (κ1) is 18.3. The third-order valence-electron chi connectivity index (χ3n) is 4.88. The number of nitrogens with zero attached hydrogens (tertiary/aromatic N) is 5. The number of piperidine rings is 1. The summed E-state index contributed by atoms with van der Waals surface area (Å²) in [6.07, 6.45) is 6.85. The van der Waals surface area contributed by atoms with E-state index >= 15 is 0 Å². The van der Waals surface area contributed by atoms with Crippen LogP contribution >= 0.6 is 0 Å². The summed E-state index contributed by atoms with van der Waals surface area (Å²) in [4.78, 5) is 27.2. The van der Waals surface area contributed by atoms with E-state index in [0.29, 0.717) is 31.4 Å². The zero-order valence-electron chi connectivity index (χ0n) is 15.6. The highest BCUT2D eigenvalue weighted by Gasteiger charge is 2.37. The number of hydrogen-bond donors (Lipinski definition) is 1. The number of aryl methyl sites for hydroxylation is 1. The van der Waals surface area contributed by atoms with Gasteiger partial charge in [0.15, 0.2) is 0 Å². The number of imidazole rings is 1. The maximum absolute atomic E-state index is 12.4. The van der Waals surface area contributed by atoms with Crippen LogP contribution in [0.4, 0.5) is 0 Å². The maximum Gasteiger partial charge on any atom is 0.316 e. The van der Waals surface area contributed by atoms with Gasteiger partial charge in [0, 0.05) is 51.7 Å². The summed E-state index contributed by atoms with van der Waals surface area (Å²) in [5, 5.41) is 3.47. The number of amides is 1. The number of nitrogens with one attached hydrogen (secondary N) is 1. The van der Waals surface area contributed by atoms with E-state index in [4.69, 9.17) is 4.74 Å². The van der Waals surface area contributed by atoms with Crippen molar-refractivity contribution in [3.05, 3.63) is 36.2 Å². The second kappa shape index (κ2) is 8.27. The minimum atomic E-state index is -0.00585. The molecule has 0 spiro atoms. The van der Waals surface area contributed by atoms with Gasteiger partial charge >= 0.3 is 6.01 Å². The molecule has 1 N–H and O–H groups in total. The molecule has 8 heteroatoms. The molecule has 1 fully saturated rings. The Hall–Kier alpha value is -2.48. The van der Waals surface area contributed by atoms with Crippen molar-refractivity contribution < 1.29 is 9.53 Å². The Morgan fingerprint density at radius 1 is 1.35 bits per heavy atom. The van der Waals surface area contributed by atoms with Gasteiger partial charge in [0.2, 0.25) is 5.91 Å². The number of aromatic nitrogens is 4. The number of likely N-dealkylation sites (tertiary alicyclic amines) is 1. The van der Waals surface area contributed by atoms with Crippen molar-refractivity contribution in [2.75, 3.05) is 20.2 Å². The standard InChI is InChI=1S/C18H26N6O2/c1-4-24-15(25)6-5-13(16(24)17-20-9-10-23(17)2)11-19-12-14-7-8-21-18(22-14)26-3/h7-10,13,16,19H,4-6,11-12H2,1-3H3/t13-,16+/m1/s1. The van der Waals surface area contributed by atoms with Crippen molar-refractivity contribution in [3.8, 4) is 6.01 Å². The lowest BCUT2D eigenvalue weighted by atomic mass is 9.87. The Morgan fingerprint density at radius 2 is 2.19 bits per heavy atom. The third-order valence-corrected chi connectivity index (χ3v) is 4.88. The van der Waals surface area contributed by atoms with Crippen LogP contribution in [0.2, 0.25) is 0 Å². The fraction of sp³-hybridized carbons (Fsp3) is 0.556. The minimum absolute atomic E-state index is 0.00585. The van der Waals surface area contributed by atoms with Crippen LogP contribution in [0.15, 0.2) is 24.7 Å². The van der Waals surface area contributed by atoms with Gasteiger partial charge in [-0.1, -0.05) is 0 Å². The number of rotatable bonds is 7. The Labute approximate surface area is 153 Å². The summed E-state index contributed by atoms with van der Waals surface area (Å²) in [5.74, 6) is 1.45. The second-order valence-electron chi connectivity index (χ2n) is 6.49. The number of carbonyl (C=O) groups is 1. The van der Waals surface area contributed by atoms with Crippen molar-refractivity contribution >= 4 is 5.91 Å². The Kier molecular flexibility index (Phi) is 5.82. The summed E-state index contributed by atoms with van der Waals surface area (Å²) in [7, 11) is 3.54. The molecule has 0 aliphatic carbocycles. The zero-order chi connectivity index (χ0) is 18.5. The largest absolute Gasteiger partial charge is 0.467 e. The molecule has 0 aromatic carbocycles. The van der Waals surface area contributed by atoms with Gasteiger partial charge in [0.1, 0.15) is 5.82 Å². The smallest absolute Gasteiger partial charge is 0.316 e. The van der Waals surface area contributed by atoms with E-state index in [9.17, 15) is 4.79 Å². The van der Waals surface area contributed by atoms with Gasteiger partial charge in [-0.3, -0.25) is 4.79 Å². The fourth-order valence-corrected chi connectivity index (χ4v) is 3.58. The highest BCUT2D eigenvalue weighted by Crippen LogP contribution is 2.35. The van der Waals surface area contributed by atoms with Crippen molar-refractivity contribution in [1.29, 1.82) is 0 Å². The molecule has 0 bridgehead atoms. The molecule has 1 amide bonds. The van der Waals surface area contributed by atoms with Gasteiger partial charge < -0.3 is 19.5 Å². The van der Waals surface area contributed by atoms with Crippen molar-refractivity contribution in [1.82, 2.24) is 29.7 Å². The molecule has 0 radical (unpaired) electrons. The Balaban J connectivity index is 1.70. The predicted molar refractivity (Wildman–Crippen MR) is 96.4 cm³/mol. The Bertz CT molecular complexity index is 747. The van der Waals surface area contributed by atoms with E-state index in [1.165, 1.54) is 0 Å². The van der Waals surface area contributed by atoms with Crippen LogP contribution in [0, 0.1) is 5.92 Å². The average Bonchev–Trinajstić information content (AvgIpc) is 3.08. The van der Waals surface area contributed by atoms with Gasteiger partial charge in [-0.2, -0.15) is 4.98 Å². The van der Waals surface area contributed by atoms with E-state index in [0.717, 1.165) is 24.5 Å². The van der Waals surface area contributed by atoms with E-state index < -0.39 is 0 Å². The van der Waals surface area contributed by atoms with E-state index in [-0.39, 0.29) is 11.9 Å². The van der Waals surface area contributed by atoms with E-state index in [2.05, 4.69) is 20.3 Å². The molecule has 2 aromatic rings. The molecule has 1 saturated heterocycles. The molecule has 8 nitrogen and oxygen atoms in total. The molecule has 3 heterocycles. The van der Waals surface area contributed by atoms with Crippen LogP contribution in [0.25, 0.3) is 0 Å². The van der Waals surface area contributed by atoms with Crippen LogP contribution < -0.4 is 10.1 Å². The lowest BCUT2D eigenvalue weighted by molar-refractivity contribution is -0.139. The van der Waals surface area contributed by atoms with Gasteiger partial charge in [-0.25, -0.2) is 9.97 Å². The summed E-state index contributed by atoms with van der Waals surface area (Å²) >= 11 is 0. The molecule has 2 atom stereocenters. The molecule has 1 aliphatic rings. The number of carbonyl (C=O) groups excluding carboxylic acids is 1. The van der Waals surface area contributed by atoms with Gasteiger partial charge in [0.05, 0.1) is 18.8 Å². The molecule has 1 aliphatic heterocycles. The normalized spacial score (nSPS) is 20.4.